The second-order valence-corrected chi connectivity index (χ2v) is 5.04. The van der Waals surface area contributed by atoms with Crippen LogP contribution in [0.15, 0.2) is 48.7 Å². The van der Waals surface area contributed by atoms with Crippen molar-refractivity contribution in [2.45, 2.75) is 25.4 Å². The minimum atomic E-state index is -0.0134. The van der Waals surface area contributed by atoms with E-state index in [1.54, 1.807) is 6.20 Å². The fraction of sp³-hybridized carbons (Fsp3) is 0.294. The number of nitrogens with zero attached hydrogens (tertiary/aromatic N) is 3. The average molecular weight is 280 g/mol. The third kappa shape index (κ3) is 3.39. The normalized spacial score (nSPS) is 13.2. The van der Waals surface area contributed by atoms with Crippen LogP contribution < -0.4 is 10.6 Å². The number of pyridine rings is 1. The lowest BCUT2D eigenvalue weighted by atomic mass is 10.00. The summed E-state index contributed by atoms with van der Waals surface area (Å²) in [6.07, 6.45) is 2.65. The number of hydrogen-bond acceptors (Lipinski definition) is 4. The van der Waals surface area contributed by atoms with Crippen LogP contribution in [0, 0.1) is 11.3 Å². The lowest BCUT2D eigenvalue weighted by molar-refractivity contribution is 0.500. The van der Waals surface area contributed by atoms with E-state index >= 15 is 0 Å². The first-order valence-corrected chi connectivity index (χ1v) is 7.07. The van der Waals surface area contributed by atoms with Gasteiger partial charge in [0.2, 0.25) is 0 Å². The van der Waals surface area contributed by atoms with E-state index in [9.17, 15) is 0 Å². The van der Waals surface area contributed by atoms with Gasteiger partial charge < -0.3 is 10.6 Å². The standard InChI is InChI=1S/C17H20N4/c1-3-15(19)17(16-6-4-5-11-20-16)21(2)14-9-7-13(12-18)8-10-14/h4-11,15,17H,3,19H2,1-2H3. The minimum absolute atomic E-state index is 0.00383. The minimum Gasteiger partial charge on any atom is -0.364 e. The van der Waals surface area contributed by atoms with E-state index in [0.717, 1.165) is 17.8 Å². The highest BCUT2D eigenvalue weighted by Gasteiger charge is 2.24. The van der Waals surface area contributed by atoms with Crippen molar-refractivity contribution in [1.29, 1.82) is 5.26 Å². The molecule has 0 spiro atoms. The Morgan fingerprint density at radius 2 is 1.95 bits per heavy atom. The molecule has 0 aliphatic carbocycles. The van der Waals surface area contributed by atoms with Crippen molar-refractivity contribution in [3.63, 3.8) is 0 Å². The molecular weight excluding hydrogens is 260 g/mol. The monoisotopic (exact) mass is 280 g/mol. The summed E-state index contributed by atoms with van der Waals surface area (Å²) < 4.78 is 0. The molecule has 0 saturated carbocycles. The summed E-state index contributed by atoms with van der Waals surface area (Å²) in [5.41, 5.74) is 8.94. The van der Waals surface area contributed by atoms with Crippen LogP contribution in [-0.2, 0) is 0 Å². The third-order valence-electron chi connectivity index (χ3n) is 3.69. The maximum Gasteiger partial charge on any atom is 0.0991 e. The Morgan fingerprint density at radius 3 is 2.48 bits per heavy atom. The quantitative estimate of drug-likeness (QED) is 0.914. The van der Waals surface area contributed by atoms with E-state index in [0.29, 0.717) is 5.56 Å². The van der Waals surface area contributed by atoms with Crippen molar-refractivity contribution in [2.24, 2.45) is 5.73 Å². The number of benzene rings is 1. The Labute approximate surface area is 125 Å². The summed E-state index contributed by atoms with van der Waals surface area (Å²) in [7, 11) is 2.01. The van der Waals surface area contributed by atoms with Gasteiger partial charge in [0.25, 0.3) is 0 Å². The molecule has 1 aromatic carbocycles. The first-order chi connectivity index (χ1) is 10.2. The molecule has 2 unspecified atom stereocenters. The first kappa shape index (κ1) is 15.0. The highest BCUT2D eigenvalue weighted by atomic mass is 15.2. The topological polar surface area (TPSA) is 65.9 Å². The number of nitrogens with two attached hydrogens (primary N) is 1. The van der Waals surface area contributed by atoms with Crippen LogP contribution in [0.25, 0.3) is 0 Å². The number of hydrogen-bond donors (Lipinski definition) is 1. The van der Waals surface area contributed by atoms with E-state index < -0.39 is 0 Å². The van der Waals surface area contributed by atoms with Gasteiger partial charge in [0.15, 0.2) is 0 Å². The summed E-state index contributed by atoms with van der Waals surface area (Å²) in [4.78, 5) is 6.58. The van der Waals surface area contributed by atoms with Gasteiger partial charge in [-0.15, -0.1) is 0 Å². The summed E-state index contributed by atoms with van der Waals surface area (Å²) in [6.45, 7) is 2.08. The van der Waals surface area contributed by atoms with Crippen LogP contribution >= 0.6 is 0 Å². The molecule has 4 heteroatoms. The lowest BCUT2D eigenvalue weighted by Gasteiger charge is -2.33. The summed E-state index contributed by atoms with van der Waals surface area (Å²) in [6, 6.07) is 15.5. The van der Waals surface area contributed by atoms with Gasteiger partial charge in [0, 0.05) is 25.0 Å². The van der Waals surface area contributed by atoms with Gasteiger partial charge in [0.05, 0.1) is 23.4 Å². The fourth-order valence-electron chi connectivity index (χ4n) is 2.41. The second-order valence-electron chi connectivity index (χ2n) is 5.04. The number of nitriles is 1. The molecule has 1 aromatic heterocycles. The van der Waals surface area contributed by atoms with Crippen molar-refractivity contribution in [1.82, 2.24) is 4.98 Å². The largest absolute Gasteiger partial charge is 0.364 e. The number of aromatic nitrogens is 1. The Bertz CT molecular complexity index is 601. The Morgan fingerprint density at radius 1 is 1.24 bits per heavy atom. The van der Waals surface area contributed by atoms with Crippen molar-refractivity contribution in [3.8, 4) is 6.07 Å². The molecule has 108 valence electrons. The number of likely N-dealkylation sites (N-methyl/N-ethyl adjacent to an activating group) is 1. The fourth-order valence-corrected chi connectivity index (χ4v) is 2.41. The van der Waals surface area contributed by atoms with Gasteiger partial charge in [-0.25, -0.2) is 0 Å². The van der Waals surface area contributed by atoms with Gasteiger partial charge in [-0.1, -0.05) is 13.0 Å². The molecule has 2 aromatic rings. The van der Waals surface area contributed by atoms with Gasteiger partial charge in [-0.3, -0.25) is 4.98 Å². The molecule has 0 saturated heterocycles. The van der Waals surface area contributed by atoms with Crippen LogP contribution in [0.2, 0.25) is 0 Å². The Kier molecular flexibility index (Phi) is 4.91. The number of rotatable bonds is 5. The van der Waals surface area contributed by atoms with E-state index in [1.807, 2.05) is 49.5 Å². The molecule has 0 fully saturated rings. The van der Waals surface area contributed by atoms with E-state index in [2.05, 4.69) is 22.9 Å². The summed E-state index contributed by atoms with van der Waals surface area (Å²) in [5, 5.41) is 8.89. The van der Waals surface area contributed by atoms with Gasteiger partial charge in [-0.2, -0.15) is 5.26 Å². The molecule has 0 aliphatic heterocycles. The molecule has 2 rings (SSSR count). The molecule has 21 heavy (non-hydrogen) atoms. The van der Waals surface area contributed by atoms with Gasteiger partial charge >= 0.3 is 0 Å². The van der Waals surface area contributed by atoms with Gasteiger partial charge in [-0.05, 0) is 42.8 Å². The molecular formula is C17H20N4. The molecule has 2 N–H and O–H groups in total. The van der Waals surface area contributed by atoms with Gasteiger partial charge in [0.1, 0.15) is 0 Å². The molecule has 0 aliphatic rings. The first-order valence-electron chi connectivity index (χ1n) is 7.07. The molecule has 2 atom stereocenters. The van der Waals surface area contributed by atoms with E-state index in [1.165, 1.54) is 0 Å². The average Bonchev–Trinajstić information content (AvgIpc) is 2.55. The van der Waals surface area contributed by atoms with Crippen molar-refractivity contribution in [2.75, 3.05) is 11.9 Å². The zero-order valence-corrected chi connectivity index (χ0v) is 12.4. The smallest absolute Gasteiger partial charge is 0.0991 e. The summed E-state index contributed by atoms with van der Waals surface area (Å²) in [5.74, 6) is 0. The summed E-state index contributed by atoms with van der Waals surface area (Å²) >= 11 is 0. The zero-order valence-electron chi connectivity index (χ0n) is 12.4. The van der Waals surface area contributed by atoms with E-state index in [-0.39, 0.29) is 12.1 Å². The highest BCUT2D eigenvalue weighted by molar-refractivity contribution is 5.51. The van der Waals surface area contributed by atoms with Crippen molar-refractivity contribution < 1.29 is 0 Å². The molecule has 0 radical (unpaired) electrons. The van der Waals surface area contributed by atoms with Crippen LogP contribution in [0.1, 0.15) is 30.6 Å². The molecule has 1 heterocycles. The predicted octanol–water partition coefficient (Wildman–Crippen LogP) is 2.87. The van der Waals surface area contributed by atoms with E-state index in [4.69, 9.17) is 11.0 Å². The van der Waals surface area contributed by atoms with Crippen LogP contribution in [0.4, 0.5) is 5.69 Å². The molecule has 4 nitrogen and oxygen atoms in total. The van der Waals surface area contributed by atoms with Crippen LogP contribution in [0.3, 0.4) is 0 Å². The van der Waals surface area contributed by atoms with Crippen LogP contribution in [0.5, 0.6) is 0 Å². The Balaban J connectivity index is 2.34. The second kappa shape index (κ2) is 6.87. The van der Waals surface area contributed by atoms with Crippen molar-refractivity contribution >= 4 is 5.69 Å². The Hall–Kier alpha value is -2.38. The highest BCUT2D eigenvalue weighted by Crippen LogP contribution is 2.27. The SMILES string of the molecule is CCC(N)C(c1ccccn1)N(C)c1ccc(C#N)cc1. The van der Waals surface area contributed by atoms with Crippen molar-refractivity contribution in [3.05, 3.63) is 59.9 Å². The maximum atomic E-state index is 8.89. The maximum absolute atomic E-state index is 8.89. The molecule has 0 amide bonds. The zero-order chi connectivity index (χ0) is 15.2. The van der Waals surface area contributed by atoms with Crippen LogP contribution in [-0.4, -0.2) is 18.1 Å². The predicted molar refractivity (Wildman–Crippen MR) is 84.8 cm³/mol. The number of anilines is 1. The lowest BCUT2D eigenvalue weighted by Crippen LogP contribution is -2.39. The third-order valence-corrected chi connectivity index (χ3v) is 3.69. The molecule has 0 bridgehead atoms.